The first-order valence-electron chi connectivity index (χ1n) is 14.9. The molecule has 0 aromatic heterocycles. The van der Waals surface area contributed by atoms with Crippen LogP contribution in [0.4, 0.5) is 0 Å². The second-order valence-electron chi connectivity index (χ2n) is 11.8. The minimum atomic E-state index is -1.56. The van der Waals surface area contributed by atoms with Crippen LogP contribution in [0.15, 0.2) is 72.8 Å². The zero-order chi connectivity index (χ0) is 31.0. The highest BCUT2D eigenvalue weighted by Crippen LogP contribution is 2.55. The van der Waals surface area contributed by atoms with Crippen molar-refractivity contribution in [1.29, 1.82) is 0 Å². The predicted octanol–water partition coefficient (Wildman–Crippen LogP) is 3.75. The minimum Gasteiger partial charge on any atom is -0.493 e. The highest BCUT2D eigenvalue weighted by atomic mass is 32.2. The first kappa shape index (κ1) is 30.0. The maximum absolute atomic E-state index is 13.9. The molecule has 0 saturated carbocycles. The van der Waals surface area contributed by atoms with Gasteiger partial charge in [0.1, 0.15) is 22.4 Å². The van der Waals surface area contributed by atoms with E-state index in [2.05, 4.69) is 5.32 Å². The first-order chi connectivity index (χ1) is 21.2. The fourth-order valence-electron chi connectivity index (χ4n) is 6.60. The number of fused-ring (bicyclic) bond motifs is 2. The molecule has 5 atom stereocenters. The Morgan fingerprint density at radius 2 is 1.77 bits per heavy atom. The minimum absolute atomic E-state index is 0.148. The molecule has 3 aromatic carbocycles. The molecule has 10 heteroatoms. The van der Waals surface area contributed by atoms with Crippen LogP contribution in [0.25, 0.3) is 0 Å². The van der Waals surface area contributed by atoms with Gasteiger partial charge in [0.25, 0.3) is 11.8 Å². The van der Waals surface area contributed by atoms with Crippen molar-refractivity contribution >= 4 is 29.5 Å². The van der Waals surface area contributed by atoms with Crippen LogP contribution in [-0.2, 0) is 20.8 Å². The van der Waals surface area contributed by atoms with Crippen molar-refractivity contribution in [3.8, 4) is 11.5 Å². The number of para-hydroxylation sites is 2. The summed E-state index contributed by atoms with van der Waals surface area (Å²) >= 11 is 1.52. The molecular formula is C34H37N3O6S. The van der Waals surface area contributed by atoms with E-state index in [0.717, 1.165) is 28.0 Å². The zero-order valence-corrected chi connectivity index (χ0v) is 25.9. The van der Waals surface area contributed by atoms with E-state index in [1.807, 2.05) is 98.5 Å². The van der Waals surface area contributed by atoms with E-state index < -0.39 is 34.9 Å². The summed E-state index contributed by atoms with van der Waals surface area (Å²) < 4.78 is 11.6. The fraction of sp³-hybridized carbons (Fsp3) is 0.382. The van der Waals surface area contributed by atoms with Gasteiger partial charge in [-0.05, 0) is 49.9 Å². The van der Waals surface area contributed by atoms with E-state index in [4.69, 9.17) is 9.47 Å². The Labute approximate surface area is 261 Å². The van der Waals surface area contributed by atoms with Crippen LogP contribution in [0.2, 0.25) is 0 Å². The molecule has 3 amide bonds. The van der Waals surface area contributed by atoms with Gasteiger partial charge in [-0.1, -0.05) is 66.7 Å². The number of amides is 3. The fourth-order valence-corrected chi connectivity index (χ4v) is 8.02. The van der Waals surface area contributed by atoms with Gasteiger partial charge >= 0.3 is 0 Å². The number of nitrogens with zero attached hydrogens (tertiary/aromatic N) is 2. The van der Waals surface area contributed by atoms with Gasteiger partial charge in [-0.2, -0.15) is 0 Å². The van der Waals surface area contributed by atoms with Gasteiger partial charge in [0, 0.05) is 12.0 Å². The summed E-state index contributed by atoms with van der Waals surface area (Å²) in [4.78, 5) is 43.4. The van der Waals surface area contributed by atoms with Crippen LogP contribution in [0.1, 0.15) is 41.6 Å². The van der Waals surface area contributed by atoms with Crippen molar-refractivity contribution in [2.24, 2.45) is 0 Å². The lowest BCUT2D eigenvalue weighted by Gasteiger charge is -2.56. The largest absolute Gasteiger partial charge is 0.493 e. The number of ether oxygens (including phenoxy) is 2. The van der Waals surface area contributed by atoms with E-state index in [0.29, 0.717) is 18.8 Å². The molecule has 2 fully saturated rings. The van der Waals surface area contributed by atoms with Crippen molar-refractivity contribution in [3.63, 3.8) is 0 Å². The molecule has 0 radical (unpaired) electrons. The summed E-state index contributed by atoms with van der Waals surface area (Å²) in [5.74, 6) is 0.480. The maximum Gasteiger partial charge on any atom is 0.258 e. The molecule has 1 unspecified atom stereocenters. The Bertz CT molecular complexity index is 1550. The number of carbonyl (C=O) groups excluding carboxylic acids is 3. The molecule has 2 N–H and O–H groups in total. The van der Waals surface area contributed by atoms with Gasteiger partial charge in [0.15, 0.2) is 12.7 Å². The van der Waals surface area contributed by atoms with Gasteiger partial charge in [0.05, 0.1) is 24.6 Å². The number of hydrogen-bond acceptors (Lipinski definition) is 7. The zero-order valence-electron chi connectivity index (χ0n) is 25.1. The number of rotatable bonds is 9. The lowest BCUT2D eigenvalue weighted by atomic mass is 9.87. The molecule has 3 aromatic rings. The summed E-state index contributed by atoms with van der Waals surface area (Å²) in [6.45, 7) is 6.04. The number of benzene rings is 3. The summed E-state index contributed by atoms with van der Waals surface area (Å²) in [7, 11) is 0. The van der Waals surface area contributed by atoms with Gasteiger partial charge < -0.3 is 29.7 Å². The number of hydrogen-bond donors (Lipinski definition) is 2. The third kappa shape index (κ3) is 5.41. The summed E-state index contributed by atoms with van der Waals surface area (Å²) in [5, 5.41) is 14.3. The Morgan fingerprint density at radius 3 is 2.52 bits per heavy atom. The lowest BCUT2D eigenvalue weighted by molar-refractivity contribution is -0.172. The summed E-state index contributed by atoms with van der Waals surface area (Å²) in [6.07, 6.45) is -0.671. The van der Waals surface area contributed by atoms with Crippen LogP contribution < -0.4 is 14.8 Å². The van der Waals surface area contributed by atoms with Crippen molar-refractivity contribution in [2.45, 2.75) is 62.7 Å². The molecule has 0 bridgehead atoms. The molecule has 0 aliphatic carbocycles. The number of aliphatic hydroxyl groups is 1. The number of likely N-dealkylation sites (tertiary alicyclic amines) is 1. The molecule has 3 aliphatic rings. The average Bonchev–Trinajstić information content (AvgIpc) is 3.33. The van der Waals surface area contributed by atoms with E-state index >= 15 is 0 Å². The van der Waals surface area contributed by atoms with Crippen LogP contribution >= 0.6 is 11.8 Å². The highest BCUT2D eigenvalue weighted by Gasteiger charge is 2.67. The van der Waals surface area contributed by atoms with Crippen molar-refractivity contribution in [3.05, 3.63) is 95.1 Å². The van der Waals surface area contributed by atoms with Crippen molar-refractivity contribution in [2.75, 3.05) is 19.1 Å². The lowest BCUT2D eigenvalue weighted by Crippen LogP contribution is -2.74. The second kappa shape index (κ2) is 12.2. The van der Waals surface area contributed by atoms with Crippen LogP contribution in [0, 0.1) is 13.8 Å². The molecular weight excluding hydrogens is 578 g/mol. The molecule has 9 nitrogen and oxygen atoms in total. The smallest absolute Gasteiger partial charge is 0.258 e. The van der Waals surface area contributed by atoms with Crippen molar-refractivity contribution < 1.29 is 29.0 Å². The number of carbonyl (C=O) groups is 3. The number of thioether (sulfide) groups is 1. The highest BCUT2D eigenvalue weighted by molar-refractivity contribution is 8.01. The quantitative estimate of drug-likeness (QED) is 0.353. The normalized spacial score (nSPS) is 23.5. The van der Waals surface area contributed by atoms with Gasteiger partial charge in [-0.3, -0.25) is 14.4 Å². The van der Waals surface area contributed by atoms with Gasteiger partial charge in [0.2, 0.25) is 5.91 Å². The van der Waals surface area contributed by atoms with Crippen LogP contribution in [0.3, 0.4) is 0 Å². The molecule has 2 saturated heterocycles. The number of nitrogens with one attached hydrogen (secondary N) is 1. The monoisotopic (exact) mass is 615 g/mol. The predicted molar refractivity (Wildman–Crippen MR) is 167 cm³/mol. The number of β-lactam (4-membered cyclic amide) rings is 1. The van der Waals surface area contributed by atoms with E-state index in [1.54, 1.807) is 0 Å². The topological polar surface area (TPSA) is 108 Å². The molecule has 44 heavy (non-hydrogen) atoms. The van der Waals surface area contributed by atoms with Crippen LogP contribution in [0.5, 0.6) is 11.5 Å². The molecule has 6 rings (SSSR count). The van der Waals surface area contributed by atoms with E-state index in [1.165, 1.54) is 16.7 Å². The van der Waals surface area contributed by atoms with Crippen molar-refractivity contribution in [1.82, 2.24) is 15.1 Å². The third-order valence-corrected chi connectivity index (χ3v) is 10.2. The van der Waals surface area contributed by atoms with Crippen LogP contribution in [-0.4, -0.2) is 74.8 Å². The Morgan fingerprint density at radius 1 is 1.07 bits per heavy atom. The standard InChI is InChI=1S/C34H37N3O6S/c1-21-10-9-11-22(2)30(21)43-19-28(38)35-25(18-23-12-5-4-6-13-23)29(39)32(40)36-20-44-34(3)31(36)33(41)37(34)26-16-17-42-27-15-8-7-14-24(26)27/h4-15,25-26,29,31,39H,16-20H2,1-3H3,(H,35,38)/t25-,26-,29-,31+,34?/m0/s1. The van der Waals surface area contributed by atoms with E-state index in [9.17, 15) is 19.5 Å². The Kier molecular flexibility index (Phi) is 8.30. The van der Waals surface area contributed by atoms with Gasteiger partial charge in [-0.25, -0.2) is 0 Å². The molecule has 0 spiro atoms. The third-order valence-electron chi connectivity index (χ3n) is 8.82. The summed E-state index contributed by atoms with van der Waals surface area (Å²) in [6, 6.07) is 21.1. The number of aliphatic hydroxyl groups excluding tert-OH is 1. The Hall–Kier alpha value is -4.02. The maximum atomic E-state index is 13.9. The molecule has 3 aliphatic heterocycles. The SMILES string of the molecule is Cc1cccc(C)c1OCC(=O)N[C@@H](Cc1ccccc1)[C@H](O)C(=O)N1CSC2(C)[C@H]1C(=O)N2[C@H]1CCOc2ccccc21. The number of aryl methyl sites for hydroxylation is 2. The van der Waals surface area contributed by atoms with E-state index in [-0.39, 0.29) is 30.9 Å². The Balaban J connectivity index is 1.17. The second-order valence-corrected chi connectivity index (χ2v) is 13.1. The summed E-state index contributed by atoms with van der Waals surface area (Å²) in [5.41, 5.74) is 3.63. The average molecular weight is 616 g/mol. The molecule has 3 heterocycles. The van der Waals surface area contributed by atoms with Gasteiger partial charge in [-0.15, -0.1) is 11.8 Å². The molecule has 230 valence electrons. The first-order valence-corrected chi connectivity index (χ1v) is 15.9.